The Morgan fingerprint density at radius 3 is 2.95 bits per heavy atom. The number of carbonyl (C=O) groups excluding carboxylic acids is 2. The first kappa shape index (κ1) is 26.6. The number of Topliss-reactive ketones (excluding diaryl/α,β-unsaturated/α-hetero) is 1. The first-order valence-electron chi connectivity index (χ1n) is 14.5. The van der Waals surface area contributed by atoms with Gasteiger partial charge in [0, 0.05) is 22.9 Å². The highest BCUT2D eigenvalue weighted by atomic mass is 32.2. The Bertz CT molecular complexity index is 1400. The minimum atomic E-state index is -1.14. The van der Waals surface area contributed by atoms with Gasteiger partial charge in [0.15, 0.2) is 23.5 Å². The summed E-state index contributed by atoms with van der Waals surface area (Å²) in [5.74, 6) is 0.452. The molecule has 6 unspecified atom stereocenters. The number of rotatable bonds is 6. The standard InChI is InChI=1S/C31H36N2O6S/c1-4-6-25-37-24-14-20-19-9-8-17-13-18(34)10-11-29(17,2)26(19)22(35)15-30(20,3)31(24,39-25)23(36)16-40-28-33-21-7-5-12-32-27(21)38-28/h5,7,10-13,19-20,22,24-26,35H,4,6,8-9,14-16H2,1-3H3/t19?,20?,22?,24-,25-,26?,29?,30?,31-/m1/s1. The number of ketones is 2. The molecule has 8 nitrogen and oxygen atoms in total. The van der Waals surface area contributed by atoms with Crippen molar-refractivity contribution in [2.75, 3.05) is 5.75 Å². The first-order chi connectivity index (χ1) is 19.2. The van der Waals surface area contributed by atoms with E-state index in [4.69, 9.17) is 13.9 Å². The third-order valence-electron chi connectivity index (χ3n) is 10.7. The molecule has 7 rings (SSSR count). The van der Waals surface area contributed by atoms with Gasteiger partial charge in [-0.2, -0.15) is 0 Å². The van der Waals surface area contributed by atoms with Gasteiger partial charge in [0.2, 0.25) is 5.71 Å². The van der Waals surface area contributed by atoms with Crippen molar-refractivity contribution in [3.8, 4) is 0 Å². The highest BCUT2D eigenvalue weighted by Crippen LogP contribution is 2.69. The largest absolute Gasteiger partial charge is 0.412 e. The number of carbonyl (C=O) groups is 2. The summed E-state index contributed by atoms with van der Waals surface area (Å²) >= 11 is 1.26. The fraction of sp³-hybridized carbons (Fsp3) is 0.613. The van der Waals surface area contributed by atoms with Crippen molar-refractivity contribution in [1.29, 1.82) is 0 Å². The van der Waals surface area contributed by atoms with E-state index in [-0.39, 0.29) is 46.6 Å². The van der Waals surface area contributed by atoms with Crippen molar-refractivity contribution in [1.82, 2.24) is 9.97 Å². The van der Waals surface area contributed by atoms with Crippen LogP contribution in [0.3, 0.4) is 0 Å². The topological polar surface area (TPSA) is 112 Å². The van der Waals surface area contributed by atoms with Gasteiger partial charge in [0.1, 0.15) is 5.52 Å². The highest BCUT2D eigenvalue weighted by Gasteiger charge is 2.75. The number of allylic oxidation sites excluding steroid dienone is 4. The van der Waals surface area contributed by atoms with Crippen LogP contribution < -0.4 is 0 Å². The van der Waals surface area contributed by atoms with Crippen LogP contribution in [0.25, 0.3) is 11.2 Å². The van der Waals surface area contributed by atoms with Gasteiger partial charge in [-0.15, -0.1) is 0 Å². The second-order valence-corrected chi connectivity index (χ2v) is 13.6. The van der Waals surface area contributed by atoms with Gasteiger partial charge in [0.05, 0.1) is 18.0 Å². The zero-order chi connectivity index (χ0) is 27.9. The van der Waals surface area contributed by atoms with E-state index >= 15 is 0 Å². The van der Waals surface area contributed by atoms with Crippen LogP contribution in [0.1, 0.15) is 59.3 Å². The normalized spacial score (nSPS) is 41.8. The number of aromatic nitrogens is 2. The Morgan fingerprint density at radius 2 is 2.15 bits per heavy atom. The maximum absolute atomic E-state index is 14.4. The van der Waals surface area contributed by atoms with Crippen LogP contribution in [0.4, 0.5) is 0 Å². The number of hydrogen-bond acceptors (Lipinski definition) is 9. The van der Waals surface area contributed by atoms with Gasteiger partial charge in [-0.25, -0.2) is 9.97 Å². The molecule has 9 heteroatoms. The monoisotopic (exact) mass is 564 g/mol. The molecule has 1 N–H and O–H groups in total. The molecule has 0 bridgehead atoms. The van der Waals surface area contributed by atoms with Crippen molar-refractivity contribution >= 4 is 34.6 Å². The van der Waals surface area contributed by atoms with Crippen LogP contribution in [0.15, 0.2) is 51.8 Å². The summed E-state index contributed by atoms with van der Waals surface area (Å²) in [4.78, 5) is 35.3. The fourth-order valence-corrected chi connectivity index (χ4v) is 9.82. The van der Waals surface area contributed by atoms with Gasteiger partial charge in [-0.3, -0.25) is 9.59 Å². The molecule has 2 aromatic heterocycles. The number of ether oxygens (including phenoxy) is 2. The Labute approximate surface area is 238 Å². The van der Waals surface area contributed by atoms with E-state index in [1.165, 1.54) is 11.8 Å². The summed E-state index contributed by atoms with van der Waals surface area (Å²) in [6.07, 6.45) is 10.1. The number of fused-ring (bicyclic) bond motifs is 8. The summed E-state index contributed by atoms with van der Waals surface area (Å²) in [5, 5.41) is 12.3. The first-order valence-corrected chi connectivity index (χ1v) is 15.5. The summed E-state index contributed by atoms with van der Waals surface area (Å²) in [5.41, 5.74) is 0.124. The summed E-state index contributed by atoms with van der Waals surface area (Å²) in [6.45, 7) is 6.40. The second-order valence-electron chi connectivity index (χ2n) is 12.7. The average molecular weight is 565 g/mol. The van der Waals surface area contributed by atoms with Crippen LogP contribution in [0, 0.1) is 28.6 Å². The lowest BCUT2D eigenvalue weighted by Gasteiger charge is -2.59. The van der Waals surface area contributed by atoms with Crippen molar-refractivity contribution in [2.24, 2.45) is 28.6 Å². The van der Waals surface area contributed by atoms with Gasteiger partial charge < -0.3 is 19.0 Å². The Hall–Kier alpha value is -2.33. The van der Waals surface area contributed by atoms with E-state index < -0.39 is 23.4 Å². The molecular weight excluding hydrogens is 528 g/mol. The smallest absolute Gasteiger partial charge is 0.258 e. The Kier molecular flexibility index (Phi) is 6.20. The zero-order valence-electron chi connectivity index (χ0n) is 23.2. The molecule has 3 heterocycles. The maximum atomic E-state index is 14.4. The van der Waals surface area contributed by atoms with Crippen molar-refractivity contribution in [3.05, 3.63) is 42.1 Å². The fourth-order valence-electron chi connectivity index (χ4n) is 9.05. The molecule has 0 spiro atoms. The lowest BCUT2D eigenvalue weighted by molar-refractivity contribution is -0.197. The highest BCUT2D eigenvalue weighted by molar-refractivity contribution is 7.99. The van der Waals surface area contributed by atoms with Crippen LogP contribution in [-0.4, -0.2) is 56.5 Å². The molecule has 1 aliphatic heterocycles. The van der Waals surface area contributed by atoms with Crippen molar-refractivity contribution in [3.63, 3.8) is 0 Å². The van der Waals surface area contributed by atoms with Gasteiger partial charge >= 0.3 is 0 Å². The van der Waals surface area contributed by atoms with E-state index in [9.17, 15) is 14.7 Å². The molecule has 40 heavy (non-hydrogen) atoms. The number of aliphatic hydroxyl groups is 1. The van der Waals surface area contributed by atoms with Crippen LogP contribution in [-0.2, 0) is 19.1 Å². The number of nitrogens with zero attached hydrogens (tertiary/aromatic N) is 2. The molecule has 212 valence electrons. The molecule has 0 amide bonds. The molecule has 1 saturated heterocycles. The molecule has 2 aromatic rings. The number of aliphatic hydroxyl groups excluding tert-OH is 1. The minimum absolute atomic E-state index is 0.0195. The van der Waals surface area contributed by atoms with Gasteiger partial charge in [-0.1, -0.05) is 50.6 Å². The maximum Gasteiger partial charge on any atom is 0.258 e. The number of hydrogen-bond donors (Lipinski definition) is 1. The van der Waals surface area contributed by atoms with Gasteiger partial charge in [-0.05, 0) is 68.2 Å². The minimum Gasteiger partial charge on any atom is -0.412 e. The molecule has 0 radical (unpaired) electrons. The molecule has 9 atom stereocenters. The SMILES string of the molecule is CCC[C@@H]1O[C@@H]2CC3C4CCC5=CC(=O)C=CC5(C)C4C(O)CC3(C)[C@]2(C(=O)CSc2nc3cccnc3o2)O1. The van der Waals surface area contributed by atoms with E-state index in [1.807, 2.05) is 12.1 Å². The van der Waals surface area contributed by atoms with E-state index in [1.54, 1.807) is 24.4 Å². The summed E-state index contributed by atoms with van der Waals surface area (Å²) < 4.78 is 19.0. The quantitative estimate of drug-likeness (QED) is 0.482. The Morgan fingerprint density at radius 1 is 1.30 bits per heavy atom. The van der Waals surface area contributed by atoms with Crippen molar-refractivity contribution in [2.45, 2.75) is 88.6 Å². The molecule has 4 fully saturated rings. The summed E-state index contributed by atoms with van der Waals surface area (Å²) in [7, 11) is 0. The average Bonchev–Trinajstić information content (AvgIpc) is 3.57. The molecular formula is C31H36N2O6S. The molecule has 3 saturated carbocycles. The molecule has 4 aliphatic carbocycles. The molecule has 0 aromatic carbocycles. The number of oxazole rings is 1. The lowest BCUT2D eigenvalue weighted by atomic mass is 9.46. The number of pyridine rings is 1. The predicted molar refractivity (Wildman–Crippen MR) is 148 cm³/mol. The lowest BCUT2D eigenvalue weighted by Crippen LogP contribution is -2.63. The van der Waals surface area contributed by atoms with Crippen molar-refractivity contribution < 1.29 is 28.6 Å². The third kappa shape index (κ3) is 3.63. The Balaban J connectivity index is 1.22. The molecule has 5 aliphatic rings. The van der Waals surface area contributed by atoms with Gasteiger partial charge in [0.25, 0.3) is 5.22 Å². The third-order valence-corrected chi connectivity index (χ3v) is 11.5. The van der Waals surface area contributed by atoms with Crippen LogP contribution in [0.2, 0.25) is 0 Å². The van der Waals surface area contributed by atoms with Crippen LogP contribution >= 0.6 is 11.8 Å². The number of thioether (sulfide) groups is 1. The predicted octanol–water partition coefficient (Wildman–Crippen LogP) is 5.05. The zero-order valence-corrected chi connectivity index (χ0v) is 24.0. The van der Waals surface area contributed by atoms with E-state index in [2.05, 4.69) is 30.7 Å². The van der Waals surface area contributed by atoms with Crippen LogP contribution in [0.5, 0.6) is 0 Å². The second kappa shape index (κ2) is 9.34. The van der Waals surface area contributed by atoms with E-state index in [0.717, 1.165) is 37.7 Å². The summed E-state index contributed by atoms with van der Waals surface area (Å²) in [6, 6.07) is 3.64. The van der Waals surface area contributed by atoms with E-state index in [0.29, 0.717) is 22.9 Å².